The second-order valence-corrected chi connectivity index (χ2v) is 3.59. The van der Waals surface area contributed by atoms with Gasteiger partial charge in [0, 0.05) is 4.47 Å². The maximum absolute atomic E-state index is 11.2. The molecule has 0 saturated carbocycles. The summed E-state index contributed by atoms with van der Waals surface area (Å²) in [5.74, 6) is 0. The molecular formula is C8H6BrN3O2. The van der Waals surface area contributed by atoms with E-state index in [4.69, 9.17) is 0 Å². The summed E-state index contributed by atoms with van der Waals surface area (Å²) in [7, 11) is 0. The number of nitrogens with zero attached hydrogens (tertiary/aromatic N) is 1. The largest absolute Gasteiger partial charge is 0.348 e. The third-order valence-corrected chi connectivity index (χ3v) is 2.30. The normalized spacial score (nSPS) is 10.4. The molecule has 0 aliphatic heterocycles. The minimum Gasteiger partial charge on any atom is -0.247 e. The summed E-state index contributed by atoms with van der Waals surface area (Å²) in [6, 6.07) is 6.87. The van der Waals surface area contributed by atoms with Crippen LogP contribution in [0.3, 0.4) is 0 Å². The number of H-pyrrole nitrogens is 2. The zero-order valence-electron chi connectivity index (χ0n) is 6.95. The van der Waals surface area contributed by atoms with Gasteiger partial charge in [0.1, 0.15) is 0 Å². The van der Waals surface area contributed by atoms with E-state index in [0.29, 0.717) is 5.69 Å². The fourth-order valence-corrected chi connectivity index (χ4v) is 1.40. The SMILES string of the molecule is O=c1[nH][nH]c(=O)n1-c1ccc(Br)cc1. The summed E-state index contributed by atoms with van der Waals surface area (Å²) < 4.78 is 1.91. The molecule has 0 aliphatic carbocycles. The highest BCUT2D eigenvalue weighted by atomic mass is 79.9. The minimum absolute atomic E-state index is 0.475. The molecule has 2 N–H and O–H groups in total. The molecule has 1 heterocycles. The van der Waals surface area contributed by atoms with Crippen molar-refractivity contribution in [3.05, 3.63) is 49.7 Å². The highest BCUT2D eigenvalue weighted by Crippen LogP contribution is 2.11. The van der Waals surface area contributed by atoms with Crippen LogP contribution in [0.2, 0.25) is 0 Å². The van der Waals surface area contributed by atoms with Crippen LogP contribution in [0.15, 0.2) is 38.3 Å². The first-order valence-corrected chi connectivity index (χ1v) is 4.63. The van der Waals surface area contributed by atoms with Gasteiger partial charge in [-0.1, -0.05) is 15.9 Å². The molecule has 1 aromatic carbocycles. The van der Waals surface area contributed by atoms with Gasteiger partial charge in [-0.05, 0) is 24.3 Å². The van der Waals surface area contributed by atoms with E-state index in [1.54, 1.807) is 24.3 Å². The van der Waals surface area contributed by atoms with Crippen LogP contribution in [-0.2, 0) is 0 Å². The zero-order chi connectivity index (χ0) is 10.1. The van der Waals surface area contributed by atoms with Crippen LogP contribution >= 0.6 is 15.9 Å². The monoisotopic (exact) mass is 255 g/mol. The molecule has 2 rings (SSSR count). The summed E-state index contributed by atoms with van der Waals surface area (Å²) in [4.78, 5) is 22.4. The molecule has 14 heavy (non-hydrogen) atoms. The summed E-state index contributed by atoms with van der Waals surface area (Å²) in [6.07, 6.45) is 0. The van der Waals surface area contributed by atoms with Gasteiger partial charge in [-0.2, -0.15) is 0 Å². The Bertz CT molecular complexity index is 521. The number of aromatic nitrogens is 3. The standard InChI is InChI=1S/C8H6BrN3O2/c9-5-1-3-6(4-2-5)12-7(13)10-11-8(12)14/h1-4H,(H,10,13)(H,11,14). The first-order chi connectivity index (χ1) is 6.68. The van der Waals surface area contributed by atoms with Gasteiger partial charge in [0.15, 0.2) is 0 Å². The quantitative estimate of drug-likeness (QED) is 0.785. The molecule has 6 heteroatoms. The lowest BCUT2D eigenvalue weighted by atomic mass is 10.3. The number of rotatable bonds is 1. The fourth-order valence-electron chi connectivity index (χ4n) is 1.14. The molecule has 2 aromatic rings. The smallest absolute Gasteiger partial charge is 0.247 e. The van der Waals surface area contributed by atoms with Gasteiger partial charge >= 0.3 is 11.4 Å². The van der Waals surface area contributed by atoms with E-state index in [-0.39, 0.29) is 0 Å². The van der Waals surface area contributed by atoms with E-state index in [1.807, 2.05) is 0 Å². The Balaban J connectivity index is 2.66. The predicted molar refractivity (Wildman–Crippen MR) is 54.7 cm³/mol. The van der Waals surface area contributed by atoms with Crippen molar-refractivity contribution in [3.63, 3.8) is 0 Å². The lowest BCUT2D eigenvalue weighted by Gasteiger charge is -1.97. The summed E-state index contributed by atoms with van der Waals surface area (Å²) >= 11 is 3.26. The van der Waals surface area contributed by atoms with Gasteiger partial charge in [-0.3, -0.25) is 0 Å². The van der Waals surface area contributed by atoms with E-state index < -0.39 is 11.4 Å². The van der Waals surface area contributed by atoms with Crippen molar-refractivity contribution in [1.82, 2.24) is 14.8 Å². The van der Waals surface area contributed by atoms with Gasteiger partial charge < -0.3 is 0 Å². The van der Waals surface area contributed by atoms with Crippen LogP contribution in [0.4, 0.5) is 0 Å². The second-order valence-electron chi connectivity index (χ2n) is 2.67. The van der Waals surface area contributed by atoms with E-state index >= 15 is 0 Å². The highest BCUT2D eigenvalue weighted by molar-refractivity contribution is 9.10. The molecule has 1 aromatic heterocycles. The van der Waals surface area contributed by atoms with Crippen LogP contribution in [0.5, 0.6) is 0 Å². The van der Waals surface area contributed by atoms with Crippen LogP contribution in [-0.4, -0.2) is 14.8 Å². The van der Waals surface area contributed by atoms with E-state index in [1.165, 1.54) is 0 Å². The number of hydrogen-bond donors (Lipinski definition) is 2. The van der Waals surface area contributed by atoms with E-state index in [9.17, 15) is 9.59 Å². The van der Waals surface area contributed by atoms with E-state index in [0.717, 1.165) is 9.04 Å². The van der Waals surface area contributed by atoms with Gasteiger partial charge in [-0.25, -0.2) is 24.4 Å². The van der Waals surface area contributed by atoms with Gasteiger partial charge in [0.2, 0.25) is 0 Å². The van der Waals surface area contributed by atoms with Crippen LogP contribution in [0, 0.1) is 0 Å². The first kappa shape index (κ1) is 9.01. The third-order valence-electron chi connectivity index (χ3n) is 1.77. The Kier molecular flexibility index (Phi) is 2.12. The Morgan fingerprint density at radius 3 is 2.00 bits per heavy atom. The Labute approximate surface area is 86.5 Å². The lowest BCUT2D eigenvalue weighted by molar-refractivity contribution is 0.951. The minimum atomic E-state index is -0.475. The molecule has 0 aliphatic rings. The summed E-state index contributed by atoms with van der Waals surface area (Å²) in [5.41, 5.74) is -0.421. The molecule has 0 bridgehead atoms. The highest BCUT2D eigenvalue weighted by Gasteiger charge is 2.04. The van der Waals surface area contributed by atoms with Crippen molar-refractivity contribution in [3.8, 4) is 5.69 Å². The molecule has 5 nitrogen and oxygen atoms in total. The van der Waals surface area contributed by atoms with Crippen LogP contribution in [0.1, 0.15) is 0 Å². The zero-order valence-corrected chi connectivity index (χ0v) is 8.54. The van der Waals surface area contributed by atoms with Crippen molar-refractivity contribution in [2.24, 2.45) is 0 Å². The molecule has 0 amide bonds. The van der Waals surface area contributed by atoms with Gasteiger partial charge in [0.05, 0.1) is 5.69 Å². The molecule has 0 spiro atoms. The molecule has 0 unspecified atom stereocenters. The first-order valence-electron chi connectivity index (χ1n) is 3.84. The fraction of sp³-hybridized carbons (Fsp3) is 0. The summed E-state index contributed by atoms with van der Waals surface area (Å²) in [6.45, 7) is 0. The van der Waals surface area contributed by atoms with Gasteiger partial charge in [0.25, 0.3) is 0 Å². The molecule has 0 atom stereocenters. The number of benzene rings is 1. The third kappa shape index (κ3) is 1.44. The lowest BCUT2D eigenvalue weighted by Crippen LogP contribution is -2.24. The van der Waals surface area contributed by atoms with Crippen molar-refractivity contribution < 1.29 is 0 Å². The van der Waals surface area contributed by atoms with Crippen molar-refractivity contribution in [1.29, 1.82) is 0 Å². The Morgan fingerprint density at radius 1 is 1.00 bits per heavy atom. The maximum Gasteiger partial charge on any atom is 0.348 e. The maximum atomic E-state index is 11.2. The van der Waals surface area contributed by atoms with Crippen molar-refractivity contribution in [2.45, 2.75) is 0 Å². The number of nitrogens with one attached hydrogen (secondary N) is 2. The molecule has 0 radical (unpaired) electrons. The average molecular weight is 256 g/mol. The van der Waals surface area contributed by atoms with Crippen molar-refractivity contribution in [2.75, 3.05) is 0 Å². The van der Waals surface area contributed by atoms with E-state index in [2.05, 4.69) is 26.1 Å². The Hall–Kier alpha value is -1.56. The van der Waals surface area contributed by atoms with Gasteiger partial charge in [-0.15, -0.1) is 0 Å². The topological polar surface area (TPSA) is 70.7 Å². The second kappa shape index (κ2) is 3.30. The van der Waals surface area contributed by atoms with Crippen LogP contribution < -0.4 is 11.4 Å². The van der Waals surface area contributed by atoms with Crippen LogP contribution in [0.25, 0.3) is 5.69 Å². The summed E-state index contributed by atoms with van der Waals surface area (Å²) in [5, 5.41) is 4.42. The molecule has 0 fully saturated rings. The number of aromatic amines is 2. The van der Waals surface area contributed by atoms with Crippen molar-refractivity contribution >= 4 is 15.9 Å². The molecule has 0 saturated heterocycles. The number of halogens is 1. The number of hydrogen-bond acceptors (Lipinski definition) is 2. The molecular weight excluding hydrogens is 250 g/mol. The Morgan fingerprint density at radius 2 is 1.50 bits per heavy atom. The predicted octanol–water partition coefficient (Wildman–Crippen LogP) is 0.616. The average Bonchev–Trinajstić information content (AvgIpc) is 2.49. The molecule has 72 valence electrons.